The summed E-state index contributed by atoms with van der Waals surface area (Å²) in [6, 6.07) is 3.85. The van der Waals surface area contributed by atoms with Gasteiger partial charge in [0.05, 0.1) is 0 Å². The highest BCUT2D eigenvalue weighted by molar-refractivity contribution is 5.95. The molecule has 0 radical (unpaired) electrons. The van der Waals surface area contributed by atoms with E-state index in [9.17, 15) is 15.0 Å². The Balaban J connectivity index is 2.72. The molecule has 0 aliphatic heterocycles. The minimum Gasteiger partial charge on any atom is -0.508 e. The Morgan fingerprint density at radius 1 is 1.22 bits per heavy atom. The van der Waals surface area contributed by atoms with Crippen LogP contribution in [0.1, 0.15) is 38.1 Å². The fraction of sp³-hybridized carbons (Fsp3) is 0.500. The molecule has 1 aromatic carbocycles. The number of carbonyl (C=O) groups excluding carboxylic acids is 1. The van der Waals surface area contributed by atoms with E-state index in [1.165, 1.54) is 18.2 Å². The van der Waals surface area contributed by atoms with Crippen molar-refractivity contribution in [1.29, 1.82) is 0 Å². The highest BCUT2D eigenvalue weighted by Gasteiger charge is 2.23. The van der Waals surface area contributed by atoms with E-state index in [4.69, 9.17) is 0 Å². The number of rotatable bonds is 4. The Morgan fingerprint density at radius 2 is 1.72 bits per heavy atom. The van der Waals surface area contributed by atoms with Crippen molar-refractivity contribution in [2.24, 2.45) is 11.3 Å². The Hall–Kier alpha value is -1.71. The summed E-state index contributed by atoms with van der Waals surface area (Å²) in [4.78, 5) is 11.9. The number of phenolic OH excluding ortho intramolecular Hbond substituents is 2. The molecule has 0 saturated carbocycles. The summed E-state index contributed by atoms with van der Waals surface area (Å²) >= 11 is 0. The molecule has 0 unspecified atom stereocenters. The number of nitrogens with one attached hydrogen (secondary N) is 1. The van der Waals surface area contributed by atoms with Crippen molar-refractivity contribution in [1.82, 2.24) is 5.32 Å². The van der Waals surface area contributed by atoms with Crippen LogP contribution in [0.2, 0.25) is 0 Å². The first-order valence-corrected chi connectivity index (χ1v) is 6.03. The first-order chi connectivity index (χ1) is 8.22. The largest absolute Gasteiger partial charge is 0.508 e. The van der Waals surface area contributed by atoms with Gasteiger partial charge in [-0.25, -0.2) is 0 Å². The highest BCUT2D eigenvalue weighted by Crippen LogP contribution is 2.25. The molecule has 0 heterocycles. The third-order valence-corrected chi connectivity index (χ3v) is 3.43. The van der Waals surface area contributed by atoms with Crippen LogP contribution < -0.4 is 5.32 Å². The molecule has 0 bridgehead atoms. The normalized spacial score (nSPS) is 11.6. The lowest BCUT2D eigenvalue weighted by molar-refractivity contribution is 0.0924. The lowest BCUT2D eigenvalue weighted by atomic mass is 9.81. The standard InChI is InChI=1S/C14H21NO3/c1-9(2)14(3,4)8-15-13(18)10-5-11(16)7-12(17)6-10/h5-7,9,16-17H,8H2,1-4H3,(H,15,18). The maximum absolute atomic E-state index is 11.9. The van der Waals surface area contributed by atoms with Crippen LogP contribution in [0.3, 0.4) is 0 Å². The van der Waals surface area contributed by atoms with Gasteiger partial charge in [0.15, 0.2) is 0 Å². The van der Waals surface area contributed by atoms with Crippen molar-refractivity contribution in [3.63, 3.8) is 0 Å². The second-order valence-corrected chi connectivity index (χ2v) is 5.56. The van der Waals surface area contributed by atoms with Gasteiger partial charge in [0.1, 0.15) is 11.5 Å². The molecule has 3 N–H and O–H groups in total. The van der Waals surface area contributed by atoms with Gasteiger partial charge in [-0.05, 0) is 23.5 Å². The first kappa shape index (κ1) is 14.4. The van der Waals surface area contributed by atoms with Crippen LogP contribution in [0.15, 0.2) is 18.2 Å². The van der Waals surface area contributed by atoms with Crippen molar-refractivity contribution < 1.29 is 15.0 Å². The van der Waals surface area contributed by atoms with Crippen LogP contribution in [0.5, 0.6) is 11.5 Å². The van der Waals surface area contributed by atoms with Gasteiger partial charge >= 0.3 is 0 Å². The summed E-state index contributed by atoms with van der Waals surface area (Å²) in [7, 11) is 0. The van der Waals surface area contributed by atoms with Crippen LogP contribution >= 0.6 is 0 Å². The minimum absolute atomic E-state index is 0.00543. The third kappa shape index (κ3) is 3.65. The van der Waals surface area contributed by atoms with E-state index in [-0.39, 0.29) is 28.4 Å². The van der Waals surface area contributed by atoms with Gasteiger partial charge in [-0.2, -0.15) is 0 Å². The molecule has 0 fully saturated rings. The summed E-state index contributed by atoms with van der Waals surface area (Å²) in [5.41, 5.74) is 0.251. The van der Waals surface area contributed by atoms with Crippen LogP contribution in [0.4, 0.5) is 0 Å². The smallest absolute Gasteiger partial charge is 0.251 e. The maximum atomic E-state index is 11.9. The molecule has 0 aliphatic carbocycles. The van der Waals surface area contributed by atoms with E-state index < -0.39 is 0 Å². The molecular weight excluding hydrogens is 230 g/mol. The monoisotopic (exact) mass is 251 g/mol. The van der Waals surface area contributed by atoms with Crippen LogP contribution in [0, 0.1) is 11.3 Å². The average Bonchev–Trinajstić information content (AvgIpc) is 2.24. The topological polar surface area (TPSA) is 69.6 Å². The van der Waals surface area contributed by atoms with Gasteiger partial charge in [0.25, 0.3) is 5.91 Å². The molecule has 4 heteroatoms. The summed E-state index contributed by atoms with van der Waals surface area (Å²) in [5.74, 6) is -0.100. The van der Waals surface area contributed by atoms with E-state index in [0.717, 1.165) is 0 Å². The van der Waals surface area contributed by atoms with Crippen LogP contribution in [-0.4, -0.2) is 22.7 Å². The molecule has 1 amide bonds. The van der Waals surface area contributed by atoms with Gasteiger partial charge in [-0.15, -0.1) is 0 Å². The van der Waals surface area contributed by atoms with E-state index >= 15 is 0 Å². The van der Waals surface area contributed by atoms with Crippen molar-refractivity contribution in [3.05, 3.63) is 23.8 Å². The van der Waals surface area contributed by atoms with E-state index in [0.29, 0.717) is 12.5 Å². The fourth-order valence-corrected chi connectivity index (χ4v) is 1.34. The molecule has 18 heavy (non-hydrogen) atoms. The molecule has 0 atom stereocenters. The number of carbonyl (C=O) groups is 1. The van der Waals surface area contributed by atoms with Crippen LogP contribution in [-0.2, 0) is 0 Å². The molecule has 100 valence electrons. The Morgan fingerprint density at radius 3 is 2.17 bits per heavy atom. The number of hydrogen-bond acceptors (Lipinski definition) is 3. The van der Waals surface area contributed by atoms with Crippen LogP contribution in [0.25, 0.3) is 0 Å². The van der Waals surface area contributed by atoms with E-state index in [2.05, 4.69) is 33.0 Å². The minimum atomic E-state index is -0.296. The van der Waals surface area contributed by atoms with Crippen molar-refractivity contribution in [2.45, 2.75) is 27.7 Å². The number of hydrogen-bond donors (Lipinski definition) is 3. The van der Waals surface area contributed by atoms with Gasteiger partial charge in [0.2, 0.25) is 0 Å². The molecule has 0 spiro atoms. The van der Waals surface area contributed by atoms with Gasteiger partial charge < -0.3 is 15.5 Å². The number of aromatic hydroxyl groups is 2. The second-order valence-electron chi connectivity index (χ2n) is 5.56. The lowest BCUT2D eigenvalue weighted by Gasteiger charge is -2.29. The second kappa shape index (κ2) is 5.29. The van der Waals surface area contributed by atoms with Crippen molar-refractivity contribution in [2.75, 3.05) is 6.54 Å². The Kier molecular flexibility index (Phi) is 4.22. The average molecular weight is 251 g/mol. The third-order valence-electron chi connectivity index (χ3n) is 3.43. The first-order valence-electron chi connectivity index (χ1n) is 6.03. The lowest BCUT2D eigenvalue weighted by Crippen LogP contribution is -2.36. The van der Waals surface area contributed by atoms with Crippen molar-refractivity contribution in [3.8, 4) is 11.5 Å². The fourth-order valence-electron chi connectivity index (χ4n) is 1.34. The van der Waals surface area contributed by atoms with Crippen molar-refractivity contribution >= 4 is 5.91 Å². The summed E-state index contributed by atoms with van der Waals surface area (Å²) in [6.45, 7) is 8.91. The zero-order chi connectivity index (χ0) is 13.9. The molecule has 1 aromatic rings. The number of phenols is 2. The van der Waals surface area contributed by atoms with E-state index in [1.54, 1.807) is 0 Å². The summed E-state index contributed by atoms with van der Waals surface area (Å²) in [6.07, 6.45) is 0. The summed E-state index contributed by atoms with van der Waals surface area (Å²) < 4.78 is 0. The molecule has 1 rings (SSSR count). The Labute approximate surface area is 108 Å². The maximum Gasteiger partial charge on any atom is 0.251 e. The zero-order valence-electron chi connectivity index (χ0n) is 11.3. The predicted octanol–water partition coefficient (Wildman–Crippen LogP) is 2.51. The quantitative estimate of drug-likeness (QED) is 0.770. The van der Waals surface area contributed by atoms with Gasteiger partial charge in [-0.1, -0.05) is 27.7 Å². The highest BCUT2D eigenvalue weighted by atomic mass is 16.3. The predicted molar refractivity (Wildman–Crippen MR) is 70.7 cm³/mol. The summed E-state index contributed by atoms with van der Waals surface area (Å²) in [5, 5.41) is 21.5. The Bertz CT molecular complexity index is 418. The van der Waals surface area contributed by atoms with Gasteiger partial charge in [-0.3, -0.25) is 4.79 Å². The molecule has 0 saturated heterocycles. The SMILES string of the molecule is CC(C)C(C)(C)CNC(=O)c1cc(O)cc(O)c1. The zero-order valence-corrected chi connectivity index (χ0v) is 11.3. The number of benzene rings is 1. The molecule has 0 aliphatic rings. The van der Waals surface area contributed by atoms with Gasteiger partial charge in [0, 0.05) is 18.2 Å². The molecule has 4 nitrogen and oxygen atoms in total. The number of amides is 1. The van der Waals surface area contributed by atoms with E-state index in [1.807, 2.05) is 0 Å². The molecular formula is C14H21NO3. The molecule has 0 aromatic heterocycles.